The quantitative estimate of drug-likeness (QED) is 0.715. The maximum atomic E-state index is 12.0. The SMILES string of the molecule is COc1ccc(OC)c(NCC(=O)Nc2ccc(I)cc2)c1. The van der Waals surface area contributed by atoms with E-state index in [1.165, 1.54) is 0 Å². The van der Waals surface area contributed by atoms with Crippen LogP contribution in [-0.2, 0) is 4.79 Å². The van der Waals surface area contributed by atoms with Crippen molar-refractivity contribution in [2.75, 3.05) is 31.4 Å². The van der Waals surface area contributed by atoms with Crippen LogP contribution in [0.15, 0.2) is 42.5 Å². The summed E-state index contributed by atoms with van der Waals surface area (Å²) in [6.07, 6.45) is 0. The van der Waals surface area contributed by atoms with Crippen LogP contribution in [0, 0.1) is 3.57 Å². The molecule has 116 valence electrons. The molecule has 2 N–H and O–H groups in total. The van der Waals surface area contributed by atoms with Gasteiger partial charge in [-0.05, 0) is 59.0 Å². The minimum Gasteiger partial charge on any atom is -0.497 e. The molecule has 5 nitrogen and oxygen atoms in total. The second kappa shape index (κ2) is 7.88. The van der Waals surface area contributed by atoms with Crippen LogP contribution in [0.4, 0.5) is 11.4 Å². The van der Waals surface area contributed by atoms with Gasteiger partial charge in [-0.15, -0.1) is 0 Å². The lowest BCUT2D eigenvalue weighted by molar-refractivity contribution is -0.114. The molecular weight excluding hydrogens is 395 g/mol. The van der Waals surface area contributed by atoms with Crippen molar-refractivity contribution in [1.29, 1.82) is 0 Å². The molecule has 0 radical (unpaired) electrons. The number of methoxy groups -OCH3 is 2. The van der Waals surface area contributed by atoms with Gasteiger partial charge in [0, 0.05) is 15.3 Å². The fourth-order valence-corrected chi connectivity index (χ4v) is 2.23. The first kappa shape index (κ1) is 16.4. The van der Waals surface area contributed by atoms with Gasteiger partial charge in [0.15, 0.2) is 0 Å². The van der Waals surface area contributed by atoms with Crippen molar-refractivity contribution < 1.29 is 14.3 Å². The highest BCUT2D eigenvalue weighted by Crippen LogP contribution is 2.28. The molecule has 0 spiro atoms. The van der Waals surface area contributed by atoms with E-state index >= 15 is 0 Å². The molecule has 0 aromatic heterocycles. The smallest absolute Gasteiger partial charge is 0.243 e. The Labute approximate surface area is 143 Å². The number of hydrogen-bond donors (Lipinski definition) is 2. The Morgan fingerprint density at radius 1 is 1.09 bits per heavy atom. The highest BCUT2D eigenvalue weighted by molar-refractivity contribution is 14.1. The predicted octanol–water partition coefficient (Wildman–Crippen LogP) is 3.36. The monoisotopic (exact) mass is 412 g/mol. The van der Waals surface area contributed by atoms with E-state index in [1.807, 2.05) is 24.3 Å². The second-order valence-electron chi connectivity index (χ2n) is 4.47. The van der Waals surface area contributed by atoms with E-state index in [0.29, 0.717) is 17.2 Å². The maximum absolute atomic E-state index is 12.0. The number of rotatable bonds is 6. The van der Waals surface area contributed by atoms with E-state index in [2.05, 4.69) is 33.2 Å². The minimum absolute atomic E-state index is 0.133. The van der Waals surface area contributed by atoms with Gasteiger partial charge in [-0.3, -0.25) is 4.79 Å². The number of benzene rings is 2. The third-order valence-corrected chi connectivity index (χ3v) is 3.69. The van der Waals surface area contributed by atoms with Crippen molar-refractivity contribution in [3.63, 3.8) is 0 Å². The molecule has 0 unspecified atom stereocenters. The van der Waals surface area contributed by atoms with E-state index in [-0.39, 0.29) is 12.5 Å². The third kappa shape index (κ3) is 4.52. The second-order valence-corrected chi connectivity index (χ2v) is 5.72. The van der Waals surface area contributed by atoms with Crippen LogP contribution in [0.3, 0.4) is 0 Å². The zero-order chi connectivity index (χ0) is 15.9. The Balaban J connectivity index is 1.97. The molecule has 1 amide bonds. The average molecular weight is 412 g/mol. The molecule has 0 atom stereocenters. The van der Waals surface area contributed by atoms with Crippen molar-refractivity contribution in [3.8, 4) is 11.5 Å². The molecule has 0 aliphatic heterocycles. The predicted molar refractivity (Wildman–Crippen MR) is 95.8 cm³/mol. The first-order chi connectivity index (χ1) is 10.6. The van der Waals surface area contributed by atoms with Crippen molar-refractivity contribution in [1.82, 2.24) is 0 Å². The molecule has 0 saturated heterocycles. The number of carbonyl (C=O) groups excluding carboxylic acids is 1. The number of nitrogens with one attached hydrogen (secondary N) is 2. The van der Waals surface area contributed by atoms with Crippen LogP contribution >= 0.6 is 22.6 Å². The summed E-state index contributed by atoms with van der Waals surface area (Å²) >= 11 is 2.22. The van der Waals surface area contributed by atoms with Crippen LogP contribution in [0.1, 0.15) is 0 Å². The van der Waals surface area contributed by atoms with Crippen molar-refractivity contribution >= 4 is 39.9 Å². The standard InChI is InChI=1S/C16H17IN2O3/c1-21-13-7-8-15(22-2)14(9-13)18-10-16(20)19-12-5-3-11(17)4-6-12/h3-9,18H,10H2,1-2H3,(H,19,20). The van der Waals surface area contributed by atoms with Gasteiger partial charge in [0.1, 0.15) is 11.5 Å². The highest BCUT2D eigenvalue weighted by Gasteiger charge is 2.07. The lowest BCUT2D eigenvalue weighted by atomic mass is 10.2. The Bertz CT molecular complexity index is 644. The zero-order valence-electron chi connectivity index (χ0n) is 12.4. The van der Waals surface area contributed by atoms with Crippen molar-refractivity contribution in [3.05, 3.63) is 46.0 Å². The fourth-order valence-electron chi connectivity index (χ4n) is 1.87. The summed E-state index contributed by atoms with van der Waals surface area (Å²) < 4.78 is 11.5. The van der Waals surface area contributed by atoms with Gasteiger partial charge in [-0.2, -0.15) is 0 Å². The van der Waals surface area contributed by atoms with E-state index in [4.69, 9.17) is 9.47 Å². The summed E-state index contributed by atoms with van der Waals surface area (Å²) in [5.74, 6) is 1.22. The number of hydrogen-bond acceptors (Lipinski definition) is 4. The van der Waals surface area contributed by atoms with E-state index in [0.717, 1.165) is 9.26 Å². The Kier molecular flexibility index (Phi) is 5.88. The van der Waals surface area contributed by atoms with Crippen LogP contribution in [0.2, 0.25) is 0 Å². The number of carbonyl (C=O) groups is 1. The van der Waals surface area contributed by atoms with E-state index in [1.54, 1.807) is 32.4 Å². The first-order valence-electron chi connectivity index (χ1n) is 6.63. The number of halogens is 1. The molecule has 2 aromatic rings. The maximum Gasteiger partial charge on any atom is 0.243 e. The molecule has 0 aliphatic rings. The van der Waals surface area contributed by atoms with Crippen LogP contribution < -0.4 is 20.1 Å². The van der Waals surface area contributed by atoms with Gasteiger partial charge in [-0.25, -0.2) is 0 Å². The normalized spacial score (nSPS) is 9.95. The Morgan fingerprint density at radius 2 is 1.82 bits per heavy atom. The van der Waals surface area contributed by atoms with Gasteiger partial charge < -0.3 is 20.1 Å². The minimum atomic E-state index is -0.133. The summed E-state index contributed by atoms with van der Waals surface area (Å²) in [6.45, 7) is 0.134. The summed E-state index contributed by atoms with van der Waals surface area (Å²) in [7, 11) is 3.17. The fraction of sp³-hybridized carbons (Fsp3) is 0.188. The van der Waals surface area contributed by atoms with Crippen molar-refractivity contribution in [2.24, 2.45) is 0 Å². The lowest BCUT2D eigenvalue weighted by Crippen LogP contribution is -2.21. The van der Waals surface area contributed by atoms with Gasteiger partial charge in [0.05, 0.1) is 26.5 Å². The van der Waals surface area contributed by atoms with Gasteiger partial charge in [-0.1, -0.05) is 0 Å². The number of anilines is 2. The molecule has 2 aromatic carbocycles. The van der Waals surface area contributed by atoms with E-state index in [9.17, 15) is 4.79 Å². The van der Waals surface area contributed by atoms with Gasteiger partial charge >= 0.3 is 0 Å². The zero-order valence-corrected chi connectivity index (χ0v) is 14.5. The topological polar surface area (TPSA) is 59.6 Å². The van der Waals surface area contributed by atoms with Crippen LogP contribution in [-0.4, -0.2) is 26.7 Å². The van der Waals surface area contributed by atoms with E-state index < -0.39 is 0 Å². The summed E-state index contributed by atoms with van der Waals surface area (Å²) in [4.78, 5) is 12.0. The molecule has 6 heteroatoms. The number of amides is 1. The number of ether oxygens (including phenoxy) is 2. The average Bonchev–Trinajstić information content (AvgIpc) is 2.54. The molecule has 0 aliphatic carbocycles. The Morgan fingerprint density at radius 3 is 2.45 bits per heavy atom. The summed E-state index contributed by atoms with van der Waals surface area (Å²) in [5, 5.41) is 5.88. The van der Waals surface area contributed by atoms with Crippen molar-refractivity contribution in [2.45, 2.75) is 0 Å². The first-order valence-corrected chi connectivity index (χ1v) is 7.71. The Hall–Kier alpha value is -1.96. The summed E-state index contributed by atoms with van der Waals surface area (Å²) in [6, 6.07) is 13.0. The molecule has 0 saturated carbocycles. The van der Waals surface area contributed by atoms with Gasteiger partial charge in [0.25, 0.3) is 0 Å². The lowest BCUT2D eigenvalue weighted by Gasteiger charge is -2.12. The van der Waals surface area contributed by atoms with Crippen LogP contribution in [0.25, 0.3) is 0 Å². The summed E-state index contributed by atoms with van der Waals surface area (Å²) in [5.41, 5.74) is 1.48. The van der Waals surface area contributed by atoms with Gasteiger partial charge in [0.2, 0.25) is 5.91 Å². The third-order valence-electron chi connectivity index (χ3n) is 2.97. The highest BCUT2D eigenvalue weighted by atomic mass is 127. The molecular formula is C16H17IN2O3. The molecule has 0 fully saturated rings. The molecule has 0 heterocycles. The van der Waals surface area contributed by atoms with Crippen LogP contribution in [0.5, 0.6) is 11.5 Å². The largest absolute Gasteiger partial charge is 0.497 e. The molecule has 2 rings (SSSR count). The molecule has 22 heavy (non-hydrogen) atoms. The molecule has 0 bridgehead atoms.